The van der Waals surface area contributed by atoms with E-state index in [0.717, 1.165) is 50.5 Å². The fraction of sp³-hybridized carbons (Fsp3) is 0.500. The first kappa shape index (κ1) is 20.7. The average Bonchev–Trinajstić information content (AvgIpc) is 2.71. The third kappa shape index (κ3) is 5.06. The van der Waals surface area contributed by atoms with Crippen LogP contribution in [0, 0.1) is 0 Å². The van der Waals surface area contributed by atoms with E-state index in [1.807, 2.05) is 12.1 Å². The molecule has 1 aliphatic heterocycles. The zero-order chi connectivity index (χ0) is 20.0. The highest BCUT2D eigenvalue weighted by Crippen LogP contribution is 2.44. The Bertz CT molecular complexity index is 739. The van der Waals surface area contributed by atoms with Crippen LogP contribution < -0.4 is 14.8 Å². The molecule has 0 amide bonds. The quantitative estimate of drug-likeness (QED) is 0.670. The molecule has 0 radical (unpaired) electrons. The van der Waals surface area contributed by atoms with Crippen LogP contribution in [-0.4, -0.2) is 33.0 Å². The third-order valence-corrected chi connectivity index (χ3v) is 5.81. The number of nitrogens with one attached hydrogen (secondary N) is 1. The predicted molar refractivity (Wildman–Crippen MR) is 113 cm³/mol. The Hall–Kier alpha value is -2.04. The lowest BCUT2D eigenvalue weighted by Gasteiger charge is -2.45. The summed E-state index contributed by atoms with van der Waals surface area (Å²) in [4.78, 5) is 0. The lowest BCUT2D eigenvalue weighted by atomic mass is 9.67. The molecular formula is C24H33NO3. The molecule has 0 aromatic heterocycles. The summed E-state index contributed by atoms with van der Waals surface area (Å²) >= 11 is 0. The summed E-state index contributed by atoms with van der Waals surface area (Å²) in [5.41, 5.74) is 2.68. The van der Waals surface area contributed by atoms with Crippen LogP contribution in [0.5, 0.6) is 11.5 Å². The minimum atomic E-state index is -0.103. The fourth-order valence-electron chi connectivity index (χ4n) is 4.33. The monoisotopic (exact) mass is 383 g/mol. The summed E-state index contributed by atoms with van der Waals surface area (Å²) in [6.45, 7) is 7.04. The first-order valence-electron chi connectivity index (χ1n) is 10.1. The number of hydrogen-bond acceptors (Lipinski definition) is 4. The standard InChI is InChI=1S/C24H33NO3/c1-23(2)18-24(14-16-28-23,20-7-11-22(27-4)12-8-20)13-15-25-17-19-5-9-21(26-3)10-6-19/h5-12,25H,13-18H2,1-4H3. The van der Waals surface area contributed by atoms with Crippen molar-refractivity contribution in [3.8, 4) is 11.5 Å². The van der Waals surface area contributed by atoms with Crippen LogP contribution in [-0.2, 0) is 16.7 Å². The van der Waals surface area contributed by atoms with Crippen LogP contribution in [0.15, 0.2) is 48.5 Å². The van der Waals surface area contributed by atoms with E-state index in [4.69, 9.17) is 14.2 Å². The molecule has 152 valence electrons. The van der Waals surface area contributed by atoms with E-state index in [9.17, 15) is 0 Å². The van der Waals surface area contributed by atoms with Crippen molar-refractivity contribution >= 4 is 0 Å². The van der Waals surface area contributed by atoms with Crippen LogP contribution in [0.3, 0.4) is 0 Å². The van der Waals surface area contributed by atoms with Crippen molar-refractivity contribution in [2.75, 3.05) is 27.4 Å². The van der Waals surface area contributed by atoms with Crippen LogP contribution in [0.1, 0.15) is 44.2 Å². The predicted octanol–water partition coefficient (Wildman–Crippen LogP) is 4.71. The summed E-state index contributed by atoms with van der Waals surface area (Å²) in [6, 6.07) is 16.8. The zero-order valence-corrected chi connectivity index (χ0v) is 17.6. The maximum absolute atomic E-state index is 6.03. The van der Waals surface area contributed by atoms with Gasteiger partial charge in [0.2, 0.25) is 0 Å². The zero-order valence-electron chi connectivity index (χ0n) is 17.6. The number of rotatable bonds is 8. The molecule has 0 spiro atoms. The molecule has 4 nitrogen and oxygen atoms in total. The van der Waals surface area contributed by atoms with Crippen molar-refractivity contribution < 1.29 is 14.2 Å². The van der Waals surface area contributed by atoms with Crippen LogP contribution in [0.2, 0.25) is 0 Å². The largest absolute Gasteiger partial charge is 0.497 e. The minimum Gasteiger partial charge on any atom is -0.497 e. The molecule has 2 aromatic carbocycles. The summed E-state index contributed by atoms with van der Waals surface area (Å²) in [5, 5.41) is 3.62. The molecule has 4 heteroatoms. The number of methoxy groups -OCH3 is 2. The van der Waals surface area contributed by atoms with Crippen molar-refractivity contribution in [3.05, 3.63) is 59.7 Å². The molecule has 1 saturated heterocycles. The van der Waals surface area contributed by atoms with Gasteiger partial charge in [0.25, 0.3) is 0 Å². The summed E-state index contributed by atoms with van der Waals surface area (Å²) < 4.78 is 16.6. The Labute approximate surface area is 169 Å². The molecule has 2 aromatic rings. The van der Waals surface area contributed by atoms with E-state index in [-0.39, 0.29) is 11.0 Å². The topological polar surface area (TPSA) is 39.7 Å². The molecule has 0 bridgehead atoms. The van der Waals surface area contributed by atoms with Gasteiger partial charge in [-0.15, -0.1) is 0 Å². The number of ether oxygens (including phenoxy) is 3. The van der Waals surface area contributed by atoms with Crippen molar-refractivity contribution in [2.45, 2.75) is 50.7 Å². The smallest absolute Gasteiger partial charge is 0.118 e. The van der Waals surface area contributed by atoms with E-state index in [0.29, 0.717) is 0 Å². The van der Waals surface area contributed by atoms with Gasteiger partial charge in [-0.25, -0.2) is 0 Å². The fourth-order valence-corrected chi connectivity index (χ4v) is 4.33. The van der Waals surface area contributed by atoms with Gasteiger partial charge in [0.15, 0.2) is 0 Å². The van der Waals surface area contributed by atoms with Crippen LogP contribution in [0.4, 0.5) is 0 Å². The van der Waals surface area contributed by atoms with Crippen molar-refractivity contribution in [2.24, 2.45) is 0 Å². The van der Waals surface area contributed by atoms with Gasteiger partial charge in [0.05, 0.1) is 19.8 Å². The second kappa shape index (κ2) is 8.97. The van der Waals surface area contributed by atoms with Gasteiger partial charge in [-0.05, 0) is 75.0 Å². The third-order valence-electron chi connectivity index (χ3n) is 5.81. The minimum absolute atomic E-state index is 0.103. The van der Waals surface area contributed by atoms with E-state index < -0.39 is 0 Å². The summed E-state index contributed by atoms with van der Waals surface area (Å²) in [6.07, 6.45) is 3.16. The Morgan fingerprint density at radius 1 is 0.929 bits per heavy atom. The van der Waals surface area contributed by atoms with Crippen LogP contribution in [0.25, 0.3) is 0 Å². The lowest BCUT2D eigenvalue weighted by molar-refractivity contribution is -0.0840. The van der Waals surface area contributed by atoms with Gasteiger partial charge in [0, 0.05) is 18.6 Å². The molecule has 0 saturated carbocycles. The maximum Gasteiger partial charge on any atom is 0.118 e. The Morgan fingerprint density at radius 3 is 2.11 bits per heavy atom. The van der Waals surface area contributed by atoms with Gasteiger partial charge in [0.1, 0.15) is 11.5 Å². The summed E-state index contributed by atoms with van der Waals surface area (Å²) in [7, 11) is 3.41. The molecule has 1 heterocycles. The van der Waals surface area contributed by atoms with E-state index >= 15 is 0 Å². The van der Waals surface area contributed by atoms with Crippen molar-refractivity contribution in [1.29, 1.82) is 0 Å². The Morgan fingerprint density at radius 2 is 1.54 bits per heavy atom. The highest BCUT2D eigenvalue weighted by atomic mass is 16.5. The second-order valence-electron chi connectivity index (χ2n) is 8.32. The van der Waals surface area contributed by atoms with E-state index in [1.54, 1.807) is 14.2 Å². The normalized spacial score (nSPS) is 21.3. The molecule has 1 unspecified atom stereocenters. The molecule has 1 N–H and O–H groups in total. The van der Waals surface area contributed by atoms with Gasteiger partial charge in [-0.1, -0.05) is 24.3 Å². The summed E-state index contributed by atoms with van der Waals surface area (Å²) in [5.74, 6) is 1.80. The molecule has 1 atom stereocenters. The number of hydrogen-bond donors (Lipinski definition) is 1. The highest BCUT2D eigenvalue weighted by molar-refractivity contribution is 5.33. The molecule has 28 heavy (non-hydrogen) atoms. The molecule has 0 aliphatic carbocycles. The highest BCUT2D eigenvalue weighted by Gasteiger charge is 2.41. The second-order valence-corrected chi connectivity index (χ2v) is 8.32. The molecule has 1 fully saturated rings. The SMILES string of the molecule is COc1ccc(CNCCC2(c3ccc(OC)cc3)CCOC(C)(C)C2)cc1. The van der Waals surface area contributed by atoms with Gasteiger partial charge < -0.3 is 19.5 Å². The van der Waals surface area contributed by atoms with Crippen molar-refractivity contribution in [1.82, 2.24) is 5.32 Å². The molecule has 3 rings (SSSR count). The van der Waals surface area contributed by atoms with Gasteiger partial charge in [-0.3, -0.25) is 0 Å². The molecular weight excluding hydrogens is 350 g/mol. The first-order chi connectivity index (χ1) is 13.5. The average molecular weight is 384 g/mol. The van der Waals surface area contributed by atoms with Crippen molar-refractivity contribution in [3.63, 3.8) is 0 Å². The molecule has 1 aliphatic rings. The Kier molecular flexibility index (Phi) is 6.63. The van der Waals surface area contributed by atoms with Gasteiger partial charge in [-0.2, -0.15) is 0 Å². The van der Waals surface area contributed by atoms with E-state index in [2.05, 4.69) is 55.6 Å². The van der Waals surface area contributed by atoms with E-state index in [1.165, 1.54) is 11.1 Å². The lowest BCUT2D eigenvalue weighted by Crippen LogP contribution is -2.45. The van der Waals surface area contributed by atoms with Gasteiger partial charge >= 0.3 is 0 Å². The van der Waals surface area contributed by atoms with Crippen LogP contribution >= 0.6 is 0 Å². The first-order valence-corrected chi connectivity index (χ1v) is 10.1. The maximum atomic E-state index is 6.03. The Balaban J connectivity index is 1.66. The number of benzene rings is 2.